The van der Waals surface area contributed by atoms with Crippen LogP contribution in [0.5, 0.6) is 28.7 Å². The van der Waals surface area contributed by atoms with Gasteiger partial charge in [0.2, 0.25) is 11.7 Å². The number of carbonyl (C=O) groups is 1. The van der Waals surface area contributed by atoms with Crippen molar-refractivity contribution in [3.63, 3.8) is 0 Å². The van der Waals surface area contributed by atoms with Crippen molar-refractivity contribution >= 4 is 12.0 Å². The minimum absolute atomic E-state index is 0.0872. The standard InChI is InChI=1S/C29H37NO7/c1-33-20-10-11-21(23(18-20)34-2)27-22-8-6-7-13-29(22,32)14-15-30(27)26(31)12-9-19-16-24(35-3)28(37-5)25(17-19)36-4/h9-12,16-18,22,27,32H,6-8,13-15H2,1-5H3/b12-9+/t22-,27+,29-/m1/s1. The molecule has 0 bridgehead atoms. The largest absolute Gasteiger partial charge is 0.497 e. The lowest BCUT2D eigenvalue weighted by atomic mass is 9.66. The Morgan fingerprint density at radius 1 is 0.919 bits per heavy atom. The maximum atomic E-state index is 13.7. The number of hydrogen-bond acceptors (Lipinski definition) is 7. The maximum absolute atomic E-state index is 13.7. The van der Waals surface area contributed by atoms with Gasteiger partial charge in [0.15, 0.2) is 11.5 Å². The van der Waals surface area contributed by atoms with Crippen molar-refractivity contribution in [3.05, 3.63) is 47.5 Å². The van der Waals surface area contributed by atoms with Crippen LogP contribution in [0.1, 0.15) is 49.3 Å². The molecule has 3 atom stereocenters. The molecule has 37 heavy (non-hydrogen) atoms. The third-order valence-electron chi connectivity index (χ3n) is 7.72. The quantitative estimate of drug-likeness (QED) is 0.517. The first-order chi connectivity index (χ1) is 17.9. The van der Waals surface area contributed by atoms with E-state index in [1.54, 1.807) is 59.8 Å². The molecule has 0 aromatic heterocycles. The number of benzene rings is 2. The minimum Gasteiger partial charge on any atom is -0.497 e. The summed E-state index contributed by atoms with van der Waals surface area (Å²) in [6, 6.07) is 8.93. The number of methoxy groups -OCH3 is 5. The third-order valence-corrected chi connectivity index (χ3v) is 7.72. The predicted molar refractivity (Wildman–Crippen MR) is 141 cm³/mol. The summed E-state index contributed by atoms with van der Waals surface area (Å²) < 4.78 is 27.4. The highest BCUT2D eigenvalue weighted by molar-refractivity contribution is 5.92. The fraction of sp³-hybridized carbons (Fsp3) is 0.483. The topological polar surface area (TPSA) is 86.7 Å². The number of nitrogens with zero attached hydrogens (tertiary/aromatic N) is 1. The van der Waals surface area contributed by atoms with E-state index >= 15 is 0 Å². The summed E-state index contributed by atoms with van der Waals surface area (Å²) in [6.45, 7) is 0.450. The van der Waals surface area contributed by atoms with Gasteiger partial charge in [-0.1, -0.05) is 12.8 Å². The highest BCUT2D eigenvalue weighted by atomic mass is 16.5. The number of piperidine rings is 1. The van der Waals surface area contributed by atoms with Crippen molar-refractivity contribution in [2.45, 2.75) is 43.7 Å². The van der Waals surface area contributed by atoms with Crippen LogP contribution in [0.2, 0.25) is 0 Å². The van der Waals surface area contributed by atoms with E-state index in [1.165, 1.54) is 0 Å². The van der Waals surface area contributed by atoms with Gasteiger partial charge in [-0.05, 0) is 55.2 Å². The Morgan fingerprint density at radius 3 is 2.24 bits per heavy atom. The summed E-state index contributed by atoms with van der Waals surface area (Å²) in [5.74, 6) is 2.62. The zero-order valence-corrected chi connectivity index (χ0v) is 22.3. The van der Waals surface area contributed by atoms with Gasteiger partial charge in [-0.15, -0.1) is 0 Å². The second-order valence-corrected chi connectivity index (χ2v) is 9.58. The summed E-state index contributed by atoms with van der Waals surface area (Å²) in [6.07, 6.45) is 7.47. The number of aliphatic hydroxyl groups is 1. The fourth-order valence-electron chi connectivity index (χ4n) is 5.84. The molecule has 1 heterocycles. The number of carbonyl (C=O) groups excluding carboxylic acids is 1. The third kappa shape index (κ3) is 5.21. The van der Waals surface area contributed by atoms with Crippen LogP contribution in [0, 0.1) is 5.92 Å². The smallest absolute Gasteiger partial charge is 0.247 e. The Bertz CT molecular complexity index is 1120. The molecule has 1 aliphatic heterocycles. The predicted octanol–water partition coefficient (Wildman–Crippen LogP) is 4.64. The van der Waals surface area contributed by atoms with E-state index in [1.807, 2.05) is 23.1 Å². The van der Waals surface area contributed by atoms with Crippen LogP contribution < -0.4 is 23.7 Å². The monoisotopic (exact) mass is 511 g/mol. The van der Waals surface area contributed by atoms with Gasteiger partial charge in [0.25, 0.3) is 0 Å². The normalized spacial score (nSPS) is 23.4. The van der Waals surface area contributed by atoms with Crippen molar-refractivity contribution in [1.82, 2.24) is 4.90 Å². The van der Waals surface area contributed by atoms with Gasteiger partial charge in [-0.3, -0.25) is 4.79 Å². The van der Waals surface area contributed by atoms with Gasteiger partial charge in [0, 0.05) is 30.2 Å². The molecule has 2 fully saturated rings. The summed E-state index contributed by atoms with van der Waals surface area (Å²) in [4.78, 5) is 15.6. The van der Waals surface area contributed by atoms with E-state index in [4.69, 9.17) is 23.7 Å². The summed E-state index contributed by atoms with van der Waals surface area (Å²) in [7, 11) is 7.89. The minimum atomic E-state index is -0.801. The Labute approximate surface area is 218 Å². The molecule has 1 saturated carbocycles. The molecular weight excluding hydrogens is 474 g/mol. The van der Waals surface area contributed by atoms with Gasteiger partial charge in [-0.2, -0.15) is 0 Å². The van der Waals surface area contributed by atoms with Gasteiger partial charge in [0.05, 0.1) is 47.2 Å². The Hall–Kier alpha value is -3.39. The lowest BCUT2D eigenvalue weighted by molar-refractivity contribution is -0.151. The van der Waals surface area contributed by atoms with Gasteiger partial charge in [0.1, 0.15) is 11.5 Å². The van der Waals surface area contributed by atoms with Gasteiger partial charge < -0.3 is 33.7 Å². The first kappa shape index (κ1) is 26.7. The highest BCUT2D eigenvalue weighted by Gasteiger charge is 2.50. The Kier molecular flexibility index (Phi) is 8.17. The second-order valence-electron chi connectivity index (χ2n) is 9.58. The molecule has 2 aliphatic rings. The van der Waals surface area contributed by atoms with Crippen molar-refractivity contribution in [2.24, 2.45) is 5.92 Å². The van der Waals surface area contributed by atoms with Crippen LogP contribution in [0.3, 0.4) is 0 Å². The highest BCUT2D eigenvalue weighted by Crippen LogP contribution is 2.51. The number of ether oxygens (including phenoxy) is 5. The van der Waals surface area contributed by atoms with E-state index in [2.05, 4.69) is 0 Å². The number of rotatable bonds is 8. The molecule has 2 aromatic rings. The molecule has 0 unspecified atom stereocenters. The number of fused-ring (bicyclic) bond motifs is 1. The Balaban J connectivity index is 1.70. The zero-order valence-electron chi connectivity index (χ0n) is 22.3. The molecule has 0 radical (unpaired) electrons. The molecule has 200 valence electrons. The lowest BCUT2D eigenvalue weighted by Crippen LogP contribution is -2.56. The van der Waals surface area contributed by atoms with Gasteiger partial charge in [-0.25, -0.2) is 0 Å². The first-order valence-corrected chi connectivity index (χ1v) is 12.6. The number of likely N-dealkylation sites (tertiary alicyclic amines) is 1. The van der Waals surface area contributed by atoms with Gasteiger partial charge >= 0.3 is 0 Å². The molecule has 1 amide bonds. The zero-order chi connectivity index (χ0) is 26.6. The second kappa shape index (κ2) is 11.3. The molecule has 1 aliphatic carbocycles. The first-order valence-electron chi connectivity index (χ1n) is 12.6. The molecule has 0 spiro atoms. The summed E-state index contributed by atoms with van der Waals surface area (Å²) in [5.41, 5.74) is 0.820. The molecule has 2 aromatic carbocycles. The molecule has 1 saturated heterocycles. The van der Waals surface area contributed by atoms with Crippen LogP contribution in [-0.4, -0.2) is 63.6 Å². The Morgan fingerprint density at radius 2 is 1.62 bits per heavy atom. The number of hydrogen-bond donors (Lipinski definition) is 1. The van der Waals surface area contributed by atoms with E-state index in [0.717, 1.165) is 36.8 Å². The maximum Gasteiger partial charge on any atom is 0.247 e. The summed E-state index contributed by atoms with van der Waals surface area (Å²) >= 11 is 0. The molecule has 8 nitrogen and oxygen atoms in total. The van der Waals surface area contributed by atoms with Crippen LogP contribution in [0.4, 0.5) is 0 Å². The van der Waals surface area contributed by atoms with Crippen molar-refractivity contribution in [3.8, 4) is 28.7 Å². The SMILES string of the molecule is COc1ccc([C@H]2[C@H]3CCCC[C@@]3(O)CCN2C(=O)/C=C/c2cc(OC)c(OC)c(OC)c2)c(OC)c1. The lowest BCUT2D eigenvalue weighted by Gasteiger charge is -2.52. The van der Waals surface area contributed by atoms with Crippen molar-refractivity contribution in [1.29, 1.82) is 0 Å². The fourth-order valence-corrected chi connectivity index (χ4v) is 5.84. The van der Waals surface area contributed by atoms with E-state index < -0.39 is 5.60 Å². The molecule has 1 N–H and O–H groups in total. The molecular formula is C29H37NO7. The van der Waals surface area contributed by atoms with Crippen LogP contribution in [0.25, 0.3) is 6.08 Å². The van der Waals surface area contributed by atoms with Crippen LogP contribution in [0.15, 0.2) is 36.4 Å². The average molecular weight is 512 g/mol. The van der Waals surface area contributed by atoms with E-state index in [-0.39, 0.29) is 17.9 Å². The average Bonchev–Trinajstić information content (AvgIpc) is 2.93. The summed E-state index contributed by atoms with van der Waals surface area (Å²) in [5, 5.41) is 11.6. The van der Waals surface area contributed by atoms with Crippen LogP contribution >= 0.6 is 0 Å². The number of amides is 1. The van der Waals surface area contributed by atoms with Crippen LogP contribution in [-0.2, 0) is 4.79 Å². The molecule has 4 rings (SSSR count). The molecule has 8 heteroatoms. The van der Waals surface area contributed by atoms with E-state index in [9.17, 15) is 9.90 Å². The van der Waals surface area contributed by atoms with Crippen molar-refractivity contribution < 1.29 is 33.6 Å². The van der Waals surface area contributed by atoms with E-state index in [0.29, 0.717) is 41.7 Å². The van der Waals surface area contributed by atoms with Crippen molar-refractivity contribution in [2.75, 3.05) is 42.1 Å².